The van der Waals surface area contributed by atoms with Crippen molar-refractivity contribution in [3.05, 3.63) is 95.3 Å². The van der Waals surface area contributed by atoms with E-state index in [9.17, 15) is 9.59 Å². The summed E-state index contributed by atoms with van der Waals surface area (Å²) >= 11 is 0. The summed E-state index contributed by atoms with van der Waals surface area (Å²) in [5.41, 5.74) is 7.47. The number of nitrogens with zero attached hydrogens (tertiary/aromatic N) is 1. The van der Waals surface area contributed by atoms with Crippen LogP contribution in [0.15, 0.2) is 72.9 Å². The minimum absolute atomic E-state index is 0.0241. The number of anilines is 1. The van der Waals surface area contributed by atoms with E-state index in [-0.39, 0.29) is 30.2 Å². The van der Waals surface area contributed by atoms with E-state index in [2.05, 4.69) is 4.98 Å². The van der Waals surface area contributed by atoms with Gasteiger partial charge in [-0.1, -0.05) is 60.7 Å². The summed E-state index contributed by atoms with van der Waals surface area (Å²) in [5.74, 6) is -1.41. The zero-order valence-electron chi connectivity index (χ0n) is 14.5. The topological polar surface area (TPSA) is 91.5 Å². The maximum absolute atomic E-state index is 12.4. The van der Waals surface area contributed by atoms with E-state index in [4.69, 9.17) is 15.2 Å². The Balaban J connectivity index is 1.71. The number of ether oxygens (including phenoxy) is 2. The molecule has 6 nitrogen and oxygen atoms in total. The van der Waals surface area contributed by atoms with Gasteiger partial charge in [0.05, 0.1) is 17.4 Å². The summed E-state index contributed by atoms with van der Waals surface area (Å²) in [7, 11) is 0. The highest BCUT2D eigenvalue weighted by Crippen LogP contribution is 2.15. The number of hydrogen-bond acceptors (Lipinski definition) is 6. The maximum Gasteiger partial charge on any atom is 0.358 e. The first-order valence-electron chi connectivity index (χ1n) is 8.31. The highest BCUT2D eigenvalue weighted by Gasteiger charge is 2.22. The molecule has 0 amide bonds. The van der Waals surface area contributed by atoms with Crippen molar-refractivity contribution in [2.75, 3.05) is 5.73 Å². The van der Waals surface area contributed by atoms with Gasteiger partial charge in [-0.3, -0.25) is 0 Å². The highest BCUT2D eigenvalue weighted by molar-refractivity contribution is 6.02. The molecule has 0 aliphatic rings. The Morgan fingerprint density at radius 3 is 1.89 bits per heavy atom. The van der Waals surface area contributed by atoms with Gasteiger partial charge in [-0.25, -0.2) is 14.6 Å². The molecule has 0 radical (unpaired) electrons. The Morgan fingerprint density at radius 2 is 1.33 bits per heavy atom. The standard InChI is InChI=1S/C21H18N2O4/c22-17-11-18(20(24)26-13-15-7-3-1-4-8-15)19(23-12-17)21(25)27-14-16-9-5-2-6-10-16/h1-12H,13-14,22H2. The number of carbonyl (C=O) groups excluding carboxylic acids is 2. The predicted molar refractivity (Wildman–Crippen MR) is 99.8 cm³/mol. The van der Waals surface area contributed by atoms with Crippen LogP contribution in [0.4, 0.5) is 5.69 Å². The Morgan fingerprint density at radius 1 is 0.815 bits per heavy atom. The first-order chi connectivity index (χ1) is 13.1. The molecular formula is C21H18N2O4. The molecule has 27 heavy (non-hydrogen) atoms. The first kappa shape index (κ1) is 18.1. The molecule has 0 aliphatic carbocycles. The second-order valence-electron chi connectivity index (χ2n) is 5.79. The van der Waals surface area contributed by atoms with Crippen LogP contribution in [0.5, 0.6) is 0 Å². The number of rotatable bonds is 6. The molecule has 1 aromatic heterocycles. The normalized spacial score (nSPS) is 10.2. The Labute approximate surface area is 156 Å². The summed E-state index contributed by atoms with van der Waals surface area (Å²) < 4.78 is 10.5. The lowest BCUT2D eigenvalue weighted by atomic mass is 10.1. The summed E-state index contributed by atoms with van der Waals surface area (Å²) in [6, 6.07) is 19.8. The minimum atomic E-state index is -0.717. The zero-order valence-corrected chi connectivity index (χ0v) is 14.5. The van der Waals surface area contributed by atoms with Crippen molar-refractivity contribution in [2.45, 2.75) is 13.2 Å². The predicted octanol–water partition coefficient (Wildman–Crippen LogP) is 3.38. The van der Waals surface area contributed by atoms with Gasteiger partial charge in [0.1, 0.15) is 13.2 Å². The fourth-order valence-electron chi connectivity index (χ4n) is 2.39. The van der Waals surface area contributed by atoms with E-state index < -0.39 is 11.9 Å². The van der Waals surface area contributed by atoms with E-state index in [1.807, 2.05) is 60.7 Å². The van der Waals surface area contributed by atoms with Gasteiger partial charge in [0.2, 0.25) is 0 Å². The van der Waals surface area contributed by atoms with Crippen LogP contribution in [0.3, 0.4) is 0 Å². The van der Waals surface area contributed by atoms with Crippen molar-refractivity contribution in [1.29, 1.82) is 0 Å². The third kappa shape index (κ3) is 4.92. The van der Waals surface area contributed by atoms with Gasteiger partial charge in [-0.2, -0.15) is 0 Å². The van der Waals surface area contributed by atoms with E-state index in [0.717, 1.165) is 11.1 Å². The number of aromatic nitrogens is 1. The molecule has 3 rings (SSSR count). The number of nitrogens with two attached hydrogens (primary N) is 1. The van der Waals surface area contributed by atoms with Crippen LogP contribution in [0.25, 0.3) is 0 Å². The second-order valence-corrected chi connectivity index (χ2v) is 5.79. The van der Waals surface area contributed by atoms with E-state index in [1.165, 1.54) is 12.3 Å². The van der Waals surface area contributed by atoms with Crippen LogP contribution in [0, 0.1) is 0 Å². The number of pyridine rings is 1. The summed E-state index contributed by atoms with van der Waals surface area (Å²) in [6.45, 7) is 0.150. The van der Waals surface area contributed by atoms with Gasteiger partial charge < -0.3 is 15.2 Å². The molecule has 136 valence electrons. The van der Waals surface area contributed by atoms with E-state index >= 15 is 0 Å². The molecule has 0 aliphatic heterocycles. The quantitative estimate of drug-likeness (QED) is 0.676. The molecule has 2 aromatic carbocycles. The fraction of sp³-hybridized carbons (Fsp3) is 0.0952. The van der Waals surface area contributed by atoms with Crippen LogP contribution in [0.2, 0.25) is 0 Å². The first-order valence-corrected chi connectivity index (χ1v) is 8.31. The van der Waals surface area contributed by atoms with Crippen LogP contribution in [-0.2, 0) is 22.7 Å². The average Bonchev–Trinajstić information content (AvgIpc) is 2.71. The van der Waals surface area contributed by atoms with Gasteiger partial charge >= 0.3 is 11.9 Å². The van der Waals surface area contributed by atoms with Gasteiger partial charge in [0, 0.05) is 0 Å². The molecule has 2 N–H and O–H groups in total. The third-order valence-corrected chi connectivity index (χ3v) is 3.75. The van der Waals surface area contributed by atoms with Gasteiger partial charge in [0.25, 0.3) is 0 Å². The van der Waals surface area contributed by atoms with Crippen molar-refractivity contribution < 1.29 is 19.1 Å². The Bertz CT molecular complexity index is 927. The smallest absolute Gasteiger partial charge is 0.358 e. The number of benzene rings is 2. The van der Waals surface area contributed by atoms with Crippen LogP contribution >= 0.6 is 0 Å². The molecule has 0 saturated heterocycles. The molecule has 0 spiro atoms. The molecule has 0 saturated carbocycles. The molecule has 6 heteroatoms. The Hall–Kier alpha value is -3.67. The molecule has 0 fully saturated rings. The van der Waals surface area contributed by atoms with Crippen LogP contribution < -0.4 is 5.73 Å². The number of esters is 2. The van der Waals surface area contributed by atoms with Crippen LogP contribution in [0.1, 0.15) is 32.0 Å². The SMILES string of the molecule is Nc1cnc(C(=O)OCc2ccccc2)c(C(=O)OCc2ccccc2)c1. The van der Waals surface area contributed by atoms with Gasteiger partial charge in [-0.05, 0) is 17.2 Å². The minimum Gasteiger partial charge on any atom is -0.457 e. The maximum atomic E-state index is 12.4. The number of hydrogen-bond donors (Lipinski definition) is 1. The van der Waals surface area contributed by atoms with Gasteiger partial charge in [0.15, 0.2) is 5.69 Å². The lowest BCUT2D eigenvalue weighted by Crippen LogP contribution is -2.16. The third-order valence-electron chi connectivity index (χ3n) is 3.75. The van der Waals surface area contributed by atoms with Crippen molar-refractivity contribution in [3.63, 3.8) is 0 Å². The van der Waals surface area contributed by atoms with Crippen molar-refractivity contribution in [3.8, 4) is 0 Å². The molecular weight excluding hydrogens is 344 g/mol. The number of nitrogen functional groups attached to an aromatic ring is 1. The zero-order chi connectivity index (χ0) is 19.1. The van der Waals surface area contributed by atoms with Crippen LogP contribution in [-0.4, -0.2) is 16.9 Å². The average molecular weight is 362 g/mol. The Kier molecular flexibility index (Phi) is 5.79. The highest BCUT2D eigenvalue weighted by atomic mass is 16.5. The van der Waals surface area contributed by atoms with Crippen molar-refractivity contribution >= 4 is 17.6 Å². The summed E-state index contributed by atoms with van der Waals surface area (Å²) in [6.07, 6.45) is 1.30. The van der Waals surface area contributed by atoms with Gasteiger partial charge in [-0.15, -0.1) is 0 Å². The molecule has 0 unspecified atom stereocenters. The van der Waals surface area contributed by atoms with E-state index in [0.29, 0.717) is 0 Å². The largest absolute Gasteiger partial charge is 0.457 e. The number of carbonyl (C=O) groups is 2. The lowest BCUT2D eigenvalue weighted by molar-refractivity contribution is 0.0420. The molecule has 3 aromatic rings. The lowest BCUT2D eigenvalue weighted by Gasteiger charge is -2.10. The van der Waals surface area contributed by atoms with E-state index in [1.54, 1.807) is 0 Å². The monoisotopic (exact) mass is 362 g/mol. The molecule has 1 heterocycles. The van der Waals surface area contributed by atoms with Crippen molar-refractivity contribution in [1.82, 2.24) is 4.98 Å². The fourth-order valence-corrected chi connectivity index (χ4v) is 2.39. The summed E-state index contributed by atoms with van der Waals surface area (Å²) in [4.78, 5) is 28.8. The second kappa shape index (κ2) is 8.62. The molecule has 0 atom stereocenters. The summed E-state index contributed by atoms with van der Waals surface area (Å²) in [5, 5.41) is 0. The molecule has 0 bridgehead atoms. The van der Waals surface area contributed by atoms with Crippen molar-refractivity contribution in [2.24, 2.45) is 0 Å².